The molecule has 0 spiro atoms. The summed E-state index contributed by atoms with van der Waals surface area (Å²) in [5.74, 6) is -0.742. The second-order valence-corrected chi connectivity index (χ2v) is 6.50. The Bertz CT molecular complexity index is 746. The first kappa shape index (κ1) is 19.0. The van der Waals surface area contributed by atoms with Crippen molar-refractivity contribution in [2.45, 2.75) is 19.3 Å². The number of carbonyl (C=O) groups is 2. The van der Waals surface area contributed by atoms with Crippen LogP contribution in [0.4, 0.5) is 10.1 Å². The van der Waals surface area contributed by atoms with Gasteiger partial charge < -0.3 is 5.32 Å². The van der Waals surface area contributed by atoms with Gasteiger partial charge in [-0.3, -0.25) is 9.59 Å². The maximum atomic E-state index is 12.7. The van der Waals surface area contributed by atoms with Crippen molar-refractivity contribution in [3.05, 3.63) is 63.5 Å². The van der Waals surface area contributed by atoms with Crippen LogP contribution < -0.4 is 10.7 Å². The van der Waals surface area contributed by atoms with E-state index in [4.69, 9.17) is 0 Å². The van der Waals surface area contributed by atoms with E-state index in [-0.39, 0.29) is 30.5 Å². The number of benzene rings is 2. The number of halogens is 2. The van der Waals surface area contributed by atoms with E-state index < -0.39 is 0 Å². The molecule has 2 amide bonds. The minimum absolute atomic E-state index is 0.135. The molecule has 0 fully saturated rings. The number of nitrogens with zero attached hydrogens (tertiary/aromatic N) is 1. The summed E-state index contributed by atoms with van der Waals surface area (Å²) in [6.45, 7) is 0. The fourth-order valence-corrected chi connectivity index (χ4v) is 2.31. The van der Waals surface area contributed by atoms with Crippen LogP contribution in [0.15, 0.2) is 53.6 Å². The Morgan fingerprint density at radius 2 is 1.64 bits per heavy atom. The van der Waals surface area contributed by atoms with Gasteiger partial charge in [0.1, 0.15) is 5.82 Å². The summed E-state index contributed by atoms with van der Waals surface area (Å²) in [6, 6.07) is 13.2. The van der Waals surface area contributed by atoms with Crippen molar-refractivity contribution in [3.63, 3.8) is 0 Å². The van der Waals surface area contributed by atoms with Gasteiger partial charge in [-0.05, 0) is 71.0 Å². The fourth-order valence-electron chi connectivity index (χ4n) is 1.95. The Morgan fingerprint density at radius 1 is 1.00 bits per heavy atom. The van der Waals surface area contributed by atoms with E-state index in [1.807, 2.05) is 24.3 Å². The molecule has 0 radical (unpaired) electrons. The average Bonchev–Trinajstić information content (AvgIpc) is 2.59. The lowest BCUT2D eigenvalue weighted by molar-refractivity contribution is -0.121. The molecule has 25 heavy (non-hydrogen) atoms. The standard InChI is InChI=1S/C18H17FIN3O2/c19-14-6-4-13(5-7-14)12-21-23-18(25)3-1-2-17(24)22-16-10-8-15(20)9-11-16/h4-12H,1-3H2,(H,22,24)(H,23,25)/b21-12+. The van der Waals surface area contributed by atoms with Crippen molar-refractivity contribution in [2.75, 3.05) is 5.32 Å². The van der Waals surface area contributed by atoms with Crippen LogP contribution in [0.1, 0.15) is 24.8 Å². The van der Waals surface area contributed by atoms with Gasteiger partial charge in [-0.1, -0.05) is 12.1 Å². The molecule has 0 aliphatic heterocycles. The number of anilines is 1. The van der Waals surface area contributed by atoms with E-state index in [0.717, 1.165) is 9.26 Å². The van der Waals surface area contributed by atoms with Gasteiger partial charge in [-0.2, -0.15) is 5.10 Å². The Labute approximate surface area is 158 Å². The number of hydrogen-bond acceptors (Lipinski definition) is 3. The summed E-state index contributed by atoms with van der Waals surface area (Å²) in [5.41, 5.74) is 3.79. The van der Waals surface area contributed by atoms with Crippen molar-refractivity contribution >= 4 is 46.3 Å². The number of amides is 2. The van der Waals surface area contributed by atoms with Gasteiger partial charge in [0.15, 0.2) is 0 Å². The molecule has 130 valence electrons. The van der Waals surface area contributed by atoms with Gasteiger partial charge in [0, 0.05) is 22.1 Å². The number of carbonyl (C=O) groups excluding carboxylic acids is 2. The van der Waals surface area contributed by atoms with Crippen LogP contribution >= 0.6 is 22.6 Å². The van der Waals surface area contributed by atoms with E-state index in [9.17, 15) is 14.0 Å². The van der Waals surface area contributed by atoms with Gasteiger partial charge in [-0.15, -0.1) is 0 Å². The highest BCUT2D eigenvalue weighted by Crippen LogP contribution is 2.11. The van der Waals surface area contributed by atoms with Crippen LogP contribution in [-0.2, 0) is 9.59 Å². The summed E-state index contributed by atoms with van der Waals surface area (Å²) >= 11 is 2.19. The third-order valence-corrected chi connectivity index (χ3v) is 3.93. The molecule has 5 nitrogen and oxygen atoms in total. The summed E-state index contributed by atoms with van der Waals surface area (Å²) < 4.78 is 13.8. The zero-order chi connectivity index (χ0) is 18.1. The Balaban J connectivity index is 1.65. The third kappa shape index (κ3) is 7.42. The van der Waals surface area contributed by atoms with E-state index in [1.165, 1.54) is 18.3 Å². The topological polar surface area (TPSA) is 70.6 Å². The molecule has 0 atom stereocenters. The normalized spacial score (nSPS) is 10.6. The van der Waals surface area contributed by atoms with Gasteiger partial charge in [0.2, 0.25) is 11.8 Å². The number of hydrazone groups is 1. The second kappa shape index (κ2) is 9.87. The van der Waals surface area contributed by atoms with Gasteiger partial charge in [0.25, 0.3) is 0 Å². The summed E-state index contributed by atoms with van der Waals surface area (Å²) in [6.07, 6.45) is 2.30. The fraction of sp³-hybridized carbons (Fsp3) is 0.167. The monoisotopic (exact) mass is 453 g/mol. The van der Waals surface area contributed by atoms with Gasteiger partial charge in [0.05, 0.1) is 6.21 Å². The molecule has 2 aromatic rings. The van der Waals surface area contributed by atoms with Crippen molar-refractivity contribution in [3.8, 4) is 0 Å². The summed E-state index contributed by atoms with van der Waals surface area (Å²) in [7, 11) is 0. The van der Waals surface area contributed by atoms with Crippen molar-refractivity contribution < 1.29 is 14.0 Å². The molecular formula is C18H17FIN3O2. The number of hydrogen-bond donors (Lipinski definition) is 2. The van der Waals surface area contributed by atoms with E-state index >= 15 is 0 Å². The largest absolute Gasteiger partial charge is 0.326 e. The molecule has 2 rings (SSSR count). The SMILES string of the molecule is O=C(CCCC(=O)Nc1ccc(I)cc1)N/N=C/c1ccc(F)cc1. The smallest absolute Gasteiger partial charge is 0.240 e. The first-order valence-corrected chi connectivity index (χ1v) is 8.74. The predicted octanol–water partition coefficient (Wildman–Crippen LogP) is 3.69. The molecule has 0 heterocycles. The predicted molar refractivity (Wildman–Crippen MR) is 104 cm³/mol. The quantitative estimate of drug-likeness (QED) is 0.382. The van der Waals surface area contributed by atoms with Crippen LogP contribution in [0.5, 0.6) is 0 Å². The average molecular weight is 453 g/mol. The molecule has 0 aliphatic rings. The minimum Gasteiger partial charge on any atom is -0.326 e. The zero-order valence-electron chi connectivity index (χ0n) is 13.3. The number of nitrogens with one attached hydrogen (secondary N) is 2. The van der Waals surface area contributed by atoms with E-state index in [0.29, 0.717) is 12.0 Å². The molecule has 2 aromatic carbocycles. The maximum Gasteiger partial charge on any atom is 0.240 e. The first-order chi connectivity index (χ1) is 12.0. The van der Waals surface area contributed by atoms with Crippen molar-refractivity contribution in [1.29, 1.82) is 0 Å². The lowest BCUT2D eigenvalue weighted by Crippen LogP contribution is -2.18. The molecule has 0 saturated carbocycles. The van der Waals surface area contributed by atoms with Crippen LogP contribution in [0.3, 0.4) is 0 Å². The first-order valence-electron chi connectivity index (χ1n) is 7.66. The van der Waals surface area contributed by atoms with Crippen LogP contribution in [0.25, 0.3) is 0 Å². The van der Waals surface area contributed by atoms with Crippen LogP contribution in [0, 0.1) is 9.39 Å². The van der Waals surface area contributed by atoms with Crippen LogP contribution in [-0.4, -0.2) is 18.0 Å². The molecule has 2 N–H and O–H groups in total. The highest BCUT2D eigenvalue weighted by molar-refractivity contribution is 14.1. The molecule has 0 saturated heterocycles. The van der Waals surface area contributed by atoms with Crippen molar-refractivity contribution in [1.82, 2.24) is 5.43 Å². The summed E-state index contributed by atoms with van der Waals surface area (Å²) in [5, 5.41) is 6.57. The second-order valence-electron chi connectivity index (χ2n) is 5.25. The van der Waals surface area contributed by atoms with Gasteiger partial charge >= 0.3 is 0 Å². The number of rotatable bonds is 7. The maximum absolute atomic E-state index is 12.7. The zero-order valence-corrected chi connectivity index (χ0v) is 15.5. The highest BCUT2D eigenvalue weighted by Gasteiger charge is 2.05. The molecule has 0 aliphatic carbocycles. The van der Waals surface area contributed by atoms with Gasteiger partial charge in [-0.25, -0.2) is 9.82 Å². The summed E-state index contributed by atoms with van der Waals surface area (Å²) in [4.78, 5) is 23.4. The molecule has 0 unspecified atom stereocenters. The molecule has 0 aromatic heterocycles. The molecule has 0 bridgehead atoms. The van der Waals surface area contributed by atoms with Crippen LogP contribution in [0.2, 0.25) is 0 Å². The van der Waals surface area contributed by atoms with Crippen molar-refractivity contribution in [2.24, 2.45) is 5.10 Å². The molecule has 7 heteroatoms. The Morgan fingerprint density at radius 3 is 2.32 bits per heavy atom. The van der Waals surface area contributed by atoms with E-state index in [2.05, 4.69) is 38.4 Å². The molecular weight excluding hydrogens is 436 g/mol. The highest BCUT2D eigenvalue weighted by atomic mass is 127. The lowest BCUT2D eigenvalue weighted by Gasteiger charge is -2.05. The lowest BCUT2D eigenvalue weighted by atomic mass is 10.2. The Hall–Kier alpha value is -2.29. The third-order valence-electron chi connectivity index (χ3n) is 3.21. The Kier molecular flexibility index (Phi) is 7.52. The minimum atomic E-state index is -0.329. The van der Waals surface area contributed by atoms with E-state index in [1.54, 1.807) is 12.1 Å².